The number of rotatable bonds is 13. The van der Waals surface area contributed by atoms with E-state index in [1.54, 1.807) is 56.3 Å². The molecule has 0 atom stereocenters. The average Bonchev–Trinajstić information content (AvgIpc) is 3.36. The summed E-state index contributed by atoms with van der Waals surface area (Å²) in [4.78, 5) is 10.6. The molecule has 3 aromatic rings. The summed E-state index contributed by atoms with van der Waals surface area (Å²) in [5, 5.41) is 8.74. The summed E-state index contributed by atoms with van der Waals surface area (Å²) >= 11 is 0. The number of sulfonamides is 1. The number of furan rings is 1. The van der Waals surface area contributed by atoms with Crippen LogP contribution < -0.4 is 4.74 Å². The lowest BCUT2D eigenvalue weighted by Crippen LogP contribution is -2.36. The Morgan fingerprint density at radius 2 is 1.79 bits per heavy atom. The van der Waals surface area contributed by atoms with Crippen LogP contribution in [-0.2, 0) is 21.3 Å². The quantitative estimate of drug-likeness (QED) is 0.317. The van der Waals surface area contributed by atoms with Crippen LogP contribution in [0.15, 0.2) is 76.2 Å². The van der Waals surface area contributed by atoms with Gasteiger partial charge in [0, 0.05) is 32.8 Å². The van der Waals surface area contributed by atoms with Crippen LogP contribution in [0.25, 0.3) is 11.3 Å². The molecule has 0 spiro atoms. The molecule has 0 fully saturated rings. The number of carboxylic acid groups (broad SMARTS) is 1. The van der Waals surface area contributed by atoms with Crippen LogP contribution in [0.1, 0.15) is 47.8 Å². The van der Waals surface area contributed by atoms with Gasteiger partial charge in [0.2, 0.25) is 10.0 Å². The Kier molecular flexibility index (Phi) is 7.91. The lowest BCUT2D eigenvalue weighted by Gasteiger charge is -2.27. The Morgan fingerprint density at radius 3 is 2.44 bits per heavy atom. The van der Waals surface area contributed by atoms with E-state index in [4.69, 9.17) is 17.0 Å². The van der Waals surface area contributed by atoms with Gasteiger partial charge in [-0.2, -0.15) is 4.31 Å². The Balaban J connectivity index is 1.85. The first-order valence-corrected chi connectivity index (χ1v) is 12.6. The largest absolute Gasteiger partial charge is 0.493 e. The number of benzene rings is 2. The Hall–Kier alpha value is -3.10. The standard InChI is InChI=1S/C26H31NO6S/c1-20(2)27(34(30,31)23-15-13-21(14-16-23)24-11-8-18-33-24)19-22-9-5-6-10-25(22)32-17-7-3-4-12-26(28)29/h5-6,8-11,13-16,18,20H,3-4,7,12,17,19H2,1-2H3,(H,28,29)/i19D2. The molecule has 0 saturated heterocycles. The van der Waals surface area contributed by atoms with Crippen molar-refractivity contribution in [2.24, 2.45) is 0 Å². The molecule has 0 unspecified atom stereocenters. The molecule has 0 aliphatic carbocycles. The molecule has 0 aliphatic heterocycles. The minimum Gasteiger partial charge on any atom is -0.493 e. The van der Waals surface area contributed by atoms with E-state index in [0.29, 0.717) is 30.6 Å². The third-order valence-electron chi connectivity index (χ3n) is 5.10. The van der Waals surface area contributed by atoms with Gasteiger partial charge >= 0.3 is 5.97 Å². The fraction of sp³-hybridized carbons (Fsp3) is 0.346. The van der Waals surface area contributed by atoms with Crippen molar-refractivity contribution in [2.45, 2.75) is 57.0 Å². The molecule has 1 N–H and O–H groups in total. The molecule has 0 saturated carbocycles. The average molecular weight is 488 g/mol. The minimum absolute atomic E-state index is 0.0350. The number of aliphatic carboxylic acids is 1. The number of hydrogen-bond acceptors (Lipinski definition) is 5. The van der Waals surface area contributed by atoms with Crippen LogP contribution in [0.4, 0.5) is 0 Å². The molecular formula is C26H31NO6S. The van der Waals surface area contributed by atoms with Crippen LogP contribution in [0.3, 0.4) is 0 Å². The minimum atomic E-state index is -4.23. The predicted octanol–water partition coefficient (Wildman–Crippen LogP) is 5.57. The maximum absolute atomic E-state index is 13.7. The summed E-state index contributed by atoms with van der Waals surface area (Å²) in [6.07, 6.45) is 3.40. The number of ether oxygens (including phenoxy) is 1. The highest BCUT2D eigenvalue weighted by molar-refractivity contribution is 7.89. The Morgan fingerprint density at radius 1 is 1.06 bits per heavy atom. The van der Waals surface area contributed by atoms with Crippen molar-refractivity contribution in [1.82, 2.24) is 4.31 Å². The zero-order valence-electron chi connectivity index (χ0n) is 21.3. The molecule has 1 heterocycles. The van der Waals surface area contributed by atoms with Gasteiger partial charge in [0.15, 0.2) is 0 Å². The van der Waals surface area contributed by atoms with Gasteiger partial charge in [-0.1, -0.05) is 18.2 Å². The first-order chi connectivity index (χ1) is 17.0. The van der Waals surface area contributed by atoms with Gasteiger partial charge < -0.3 is 14.3 Å². The summed E-state index contributed by atoms with van der Waals surface area (Å²) < 4.78 is 57.2. The van der Waals surface area contributed by atoms with Gasteiger partial charge in [0.1, 0.15) is 11.5 Å². The van der Waals surface area contributed by atoms with Crippen molar-refractivity contribution < 1.29 is 30.2 Å². The van der Waals surface area contributed by atoms with Gasteiger partial charge in [0.25, 0.3) is 0 Å². The van der Waals surface area contributed by atoms with Crippen molar-refractivity contribution in [1.29, 1.82) is 0 Å². The van der Waals surface area contributed by atoms with Crippen molar-refractivity contribution in [3.8, 4) is 17.1 Å². The topological polar surface area (TPSA) is 97.0 Å². The third-order valence-corrected chi connectivity index (χ3v) is 6.99. The van der Waals surface area contributed by atoms with Crippen LogP contribution >= 0.6 is 0 Å². The van der Waals surface area contributed by atoms with E-state index >= 15 is 0 Å². The zero-order chi connectivity index (χ0) is 26.3. The SMILES string of the molecule is [2H]C([2H])(c1ccccc1OCCCCCC(=O)O)N(C(C)C)S(=O)(=O)c1ccc(-c2ccco2)cc1. The van der Waals surface area contributed by atoms with E-state index in [-0.39, 0.29) is 29.2 Å². The van der Waals surface area contributed by atoms with Crippen LogP contribution in [0.5, 0.6) is 5.75 Å². The molecule has 7 nitrogen and oxygen atoms in total. The number of hydrogen-bond donors (Lipinski definition) is 1. The zero-order valence-corrected chi connectivity index (χ0v) is 20.1. The monoisotopic (exact) mass is 487 g/mol. The van der Waals surface area contributed by atoms with Gasteiger partial charge in [0.05, 0.1) is 17.8 Å². The second-order valence-corrected chi connectivity index (χ2v) is 9.87. The first-order valence-electron chi connectivity index (χ1n) is 12.2. The maximum Gasteiger partial charge on any atom is 0.303 e. The van der Waals surface area contributed by atoms with Gasteiger partial charge in [-0.25, -0.2) is 8.42 Å². The van der Waals surface area contributed by atoms with E-state index in [0.717, 1.165) is 4.31 Å². The van der Waals surface area contributed by atoms with E-state index in [1.807, 2.05) is 0 Å². The van der Waals surface area contributed by atoms with E-state index < -0.39 is 28.5 Å². The number of carboxylic acids is 1. The first kappa shape index (κ1) is 22.7. The van der Waals surface area contributed by atoms with Crippen LogP contribution in [-0.4, -0.2) is 36.4 Å². The number of unbranched alkanes of at least 4 members (excludes halogenated alkanes) is 2. The van der Waals surface area contributed by atoms with Gasteiger partial charge in [-0.05, 0) is 75.6 Å². The summed E-state index contributed by atoms with van der Waals surface area (Å²) in [7, 11) is -4.23. The molecule has 34 heavy (non-hydrogen) atoms. The molecule has 1 aromatic heterocycles. The lowest BCUT2D eigenvalue weighted by atomic mass is 10.2. The van der Waals surface area contributed by atoms with Crippen LogP contribution in [0.2, 0.25) is 0 Å². The van der Waals surface area contributed by atoms with Crippen molar-refractivity contribution >= 4 is 16.0 Å². The second kappa shape index (κ2) is 11.9. The highest BCUT2D eigenvalue weighted by atomic mass is 32.2. The van der Waals surface area contributed by atoms with Crippen molar-refractivity contribution in [3.05, 3.63) is 72.5 Å². The third kappa shape index (κ3) is 6.71. The van der Waals surface area contributed by atoms with Crippen LogP contribution in [0, 0.1) is 0 Å². The Labute approximate surface area is 203 Å². The fourth-order valence-corrected chi connectivity index (χ4v) is 4.84. The van der Waals surface area contributed by atoms with E-state index in [2.05, 4.69) is 0 Å². The summed E-state index contributed by atoms with van der Waals surface area (Å²) in [6.45, 7) is 1.10. The molecule has 8 heteroatoms. The van der Waals surface area contributed by atoms with Gasteiger partial charge in [-0.3, -0.25) is 4.79 Å². The normalized spacial score (nSPS) is 13.1. The lowest BCUT2D eigenvalue weighted by molar-refractivity contribution is -0.137. The van der Waals surface area contributed by atoms with E-state index in [9.17, 15) is 13.2 Å². The van der Waals surface area contributed by atoms with Crippen molar-refractivity contribution in [2.75, 3.05) is 6.61 Å². The Bertz CT molecular complexity index is 1240. The molecule has 3 rings (SSSR count). The molecule has 0 radical (unpaired) electrons. The highest BCUT2D eigenvalue weighted by Crippen LogP contribution is 2.28. The smallest absolute Gasteiger partial charge is 0.303 e. The van der Waals surface area contributed by atoms with E-state index in [1.165, 1.54) is 24.5 Å². The highest BCUT2D eigenvalue weighted by Gasteiger charge is 2.28. The summed E-state index contributed by atoms with van der Waals surface area (Å²) in [5.41, 5.74) is 0.806. The maximum atomic E-state index is 13.7. The second-order valence-electron chi connectivity index (χ2n) is 8.06. The molecular weight excluding hydrogens is 454 g/mol. The van der Waals surface area contributed by atoms with Crippen molar-refractivity contribution in [3.63, 3.8) is 0 Å². The molecule has 0 aliphatic rings. The number of nitrogens with zero attached hydrogens (tertiary/aromatic N) is 1. The molecule has 0 bridgehead atoms. The number of carbonyl (C=O) groups is 1. The summed E-state index contributed by atoms with van der Waals surface area (Å²) in [5.74, 6) is -0.00108. The summed E-state index contributed by atoms with van der Waals surface area (Å²) in [6, 6.07) is 15.4. The molecule has 182 valence electrons. The molecule has 2 aromatic carbocycles. The number of para-hydroxylation sites is 1. The van der Waals surface area contributed by atoms with Gasteiger partial charge in [-0.15, -0.1) is 0 Å². The molecule has 0 amide bonds. The fourth-order valence-electron chi connectivity index (χ4n) is 3.36. The predicted molar refractivity (Wildman–Crippen MR) is 130 cm³/mol.